The highest BCUT2D eigenvalue weighted by atomic mass is 32.2. The molecule has 2 unspecified atom stereocenters. The van der Waals surface area contributed by atoms with Gasteiger partial charge in [0.05, 0.1) is 25.9 Å². The van der Waals surface area contributed by atoms with Crippen molar-refractivity contribution in [3.05, 3.63) is 113 Å². The lowest BCUT2D eigenvalue weighted by Gasteiger charge is -2.44. The third kappa shape index (κ3) is 6.39. The molecule has 1 N–H and O–H groups in total. The lowest BCUT2D eigenvalue weighted by molar-refractivity contribution is -0.206. The van der Waals surface area contributed by atoms with Gasteiger partial charge in [-0.25, -0.2) is 0 Å². The van der Waals surface area contributed by atoms with E-state index in [9.17, 15) is 10.6 Å². The summed E-state index contributed by atoms with van der Waals surface area (Å²) in [6, 6.07) is 28.6. The van der Waals surface area contributed by atoms with Gasteiger partial charge < -0.3 is 19.3 Å². The Morgan fingerprint density at radius 2 is 1.35 bits per heavy atom. The quantitative estimate of drug-likeness (QED) is 0.241. The van der Waals surface area contributed by atoms with Crippen LogP contribution in [0.15, 0.2) is 101 Å². The molecule has 0 aromatic heterocycles. The topological polar surface area (TPSA) is 96.7 Å². The maximum atomic E-state index is 10.2. The highest BCUT2D eigenvalue weighted by Gasteiger charge is 2.47. The number of ether oxygens (including phenoxy) is 3. The third-order valence-electron chi connectivity index (χ3n) is 5.55. The summed E-state index contributed by atoms with van der Waals surface area (Å²) in [5.41, 5.74) is 10.8. The van der Waals surface area contributed by atoms with E-state index >= 15 is 0 Å². The van der Waals surface area contributed by atoms with Crippen molar-refractivity contribution < 1.29 is 19.3 Å². The lowest BCUT2D eigenvalue weighted by Crippen LogP contribution is -2.58. The highest BCUT2D eigenvalue weighted by molar-refractivity contribution is 7.99. The van der Waals surface area contributed by atoms with Gasteiger partial charge in [0, 0.05) is 9.81 Å². The molecule has 7 nitrogen and oxygen atoms in total. The Morgan fingerprint density at radius 1 is 0.824 bits per heavy atom. The van der Waals surface area contributed by atoms with Gasteiger partial charge >= 0.3 is 0 Å². The van der Waals surface area contributed by atoms with Gasteiger partial charge in [0.1, 0.15) is 23.7 Å². The van der Waals surface area contributed by atoms with Crippen LogP contribution in [0.25, 0.3) is 10.4 Å². The number of nitrogens with zero attached hydrogens (tertiary/aromatic N) is 3. The molecule has 0 aliphatic carbocycles. The zero-order chi connectivity index (χ0) is 23.6. The number of aliphatic hydroxyl groups excluding tert-OH is 1. The second-order valence-corrected chi connectivity index (χ2v) is 9.05. The fourth-order valence-corrected chi connectivity index (χ4v) is 5.01. The van der Waals surface area contributed by atoms with Crippen molar-refractivity contribution in [2.75, 3.05) is 6.61 Å². The summed E-state index contributed by atoms with van der Waals surface area (Å²) in [7, 11) is 0. The van der Waals surface area contributed by atoms with Crippen LogP contribution in [0.2, 0.25) is 0 Å². The Balaban J connectivity index is 1.60. The van der Waals surface area contributed by atoms with Gasteiger partial charge in [-0.3, -0.25) is 0 Å². The second kappa shape index (κ2) is 12.6. The van der Waals surface area contributed by atoms with Gasteiger partial charge in [-0.1, -0.05) is 95.7 Å². The smallest absolute Gasteiger partial charge is 0.119 e. The van der Waals surface area contributed by atoms with Crippen molar-refractivity contribution in [1.82, 2.24) is 0 Å². The largest absolute Gasteiger partial charge is 0.394 e. The Labute approximate surface area is 203 Å². The molecule has 1 saturated heterocycles. The molecule has 1 aliphatic heterocycles. The Morgan fingerprint density at radius 3 is 1.88 bits per heavy atom. The monoisotopic (exact) mass is 477 g/mol. The van der Waals surface area contributed by atoms with Crippen LogP contribution in [-0.2, 0) is 27.4 Å². The SMILES string of the molecule is [N-]=[N+]=NC1[C@H](Sc2ccccc2)OC(CO)[C@@H](OCc2ccccc2)[C@H]1OCc1ccccc1. The summed E-state index contributed by atoms with van der Waals surface area (Å²) in [6.07, 6.45) is -1.89. The molecule has 0 spiro atoms. The van der Waals surface area contributed by atoms with Crippen LogP contribution < -0.4 is 0 Å². The fraction of sp³-hybridized carbons (Fsp3) is 0.308. The molecule has 5 atom stereocenters. The molecule has 3 aromatic carbocycles. The van der Waals surface area contributed by atoms with Crippen molar-refractivity contribution in [1.29, 1.82) is 0 Å². The number of benzene rings is 3. The van der Waals surface area contributed by atoms with Crippen LogP contribution in [0.4, 0.5) is 0 Å². The summed E-state index contributed by atoms with van der Waals surface area (Å²) in [6.45, 7) is 0.380. The summed E-state index contributed by atoms with van der Waals surface area (Å²) < 4.78 is 18.8. The number of thioether (sulfide) groups is 1. The van der Waals surface area contributed by atoms with E-state index in [1.165, 1.54) is 11.8 Å². The van der Waals surface area contributed by atoms with Crippen molar-refractivity contribution in [2.24, 2.45) is 5.11 Å². The van der Waals surface area contributed by atoms with Crippen LogP contribution in [-0.4, -0.2) is 41.5 Å². The molecule has 8 heteroatoms. The van der Waals surface area contributed by atoms with E-state index in [2.05, 4.69) is 10.0 Å². The van der Waals surface area contributed by atoms with E-state index in [0.29, 0.717) is 13.2 Å². The molecule has 1 heterocycles. The fourth-order valence-electron chi connectivity index (χ4n) is 3.88. The average Bonchev–Trinajstić information content (AvgIpc) is 2.89. The number of azide groups is 1. The minimum absolute atomic E-state index is 0.251. The first-order valence-electron chi connectivity index (χ1n) is 11.1. The zero-order valence-corrected chi connectivity index (χ0v) is 19.4. The van der Waals surface area contributed by atoms with Crippen molar-refractivity contribution in [3.63, 3.8) is 0 Å². The molecular weight excluding hydrogens is 450 g/mol. The molecule has 0 amide bonds. The summed E-state index contributed by atoms with van der Waals surface area (Å²) in [4.78, 5) is 4.06. The number of aliphatic hydroxyl groups is 1. The van der Waals surface area contributed by atoms with Crippen LogP contribution in [0.5, 0.6) is 0 Å². The Kier molecular flexibility index (Phi) is 8.98. The van der Waals surface area contributed by atoms with Gasteiger partial charge in [0.25, 0.3) is 0 Å². The Hall–Kier alpha value is -2.84. The van der Waals surface area contributed by atoms with Gasteiger partial charge in [-0.15, -0.1) is 0 Å². The molecular formula is C26H27N3O4S. The maximum Gasteiger partial charge on any atom is 0.119 e. The molecule has 4 rings (SSSR count). The van der Waals surface area contributed by atoms with Crippen LogP contribution in [0.1, 0.15) is 11.1 Å². The normalized spacial score (nSPS) is 24.3. The molecule has 176 valence electrons. The van der Waals surface area contributed by atoms with Crippen molar-refractivity contribution in [3.8, 4) is 0 Å². The van der Waals surface area contributed by atoms with Crippen LogP contribution in [0.3, 0.4) is 0 Å². The van der Waals surface area contributed by atoms with Gasteiger partial charge in [-0.05, 0) is 28.8 Å². The molecule has 1 fully saturated rings. The first-order valence-corrected chi connectivity index (χ1v) is 12.0. The first kappa shape index (κ1) is 24.3. The predicted octanol–water partition coefficient (Wildman–Crippen LogP) is 5.35. The summed E-state index contributed by atoms with van der Waals surface area (Å²) in [5, 5.41) is 14.3. The average molecular weight is 478 g/mol. The van der Waals surface area contributed by atoms with Gasteiger partial charge in [0.15, 0.2) is 0 Å². The molecule has 1 aliphatic rings. The van der Waals surface area contributed by atoms with Gasteiger partial charge in [-0.2, -0.15) is 0 Å². The molecule has 0 saturated carbocycles. The van der Waals surface area contributed by atoms with E-state index in [0.717, 1.165) is 16.0 Å². The van der Waals surface area contributed by atoms with Gasteiger partial charge in [0.2, 0.25) is 0 Å². The van der Waals surface area contributed by atoms with E-state index in [4.69, 9.17) is 14.2 Å². The second-order valence-electron chi connectivity index (χ2n) is 7.87. The molecule has 0 bridgehead atoms. The van der Waals surface area contributed by atoms with E-state index in [1.807, 2.05) is 91.0 Å². The number of hydrogen-bond acceptors (Lipinski definition) is 6. The van der Waals surface area contributed by atoms with Crippen LogP contribution in [0, 0.1) is 0 Å². The maximum absolute atomic E-state index is 10.2. The van der Waals surface area contributed by atoms with E-state index < -0.39 is 29.8 Å². The summed E-state index contributed by atoms with van der Waals surface area (Å²) in [5.74, 6) is 0. The lowest BCUT2D eigenvalue weighted by atomic mass is 9.98. The Bertz CT molecular complexity index is 1050. The first-order chi connectivity index (χ1) is 16.8. The minimum Gasteiger partial charge on any atom is -0.394 e. The number of rotatable bonds is 10. The number of hydrogen-bond donors (Lipinski definition) is 1. The van der Waals surface area contributed by atoms with Crippen LogP contribution >= 0.6 is 11.8 Å². The van der Waals surface area contributed by atoms with E-state index in [-0.39, 0.29) is 6.61 Å². The zero-order valence-electron chi connectivity index (χ0n) is 18.6. The van der Waals surface area contributed by atoms with Crippen molar-refractivity contribution >= 4 is 11.8 Å². The minimum atomic E-state index is -0.664. The third-order valence-corrected chi connectivity index (χ3v) is 6.71. The summed E-state index contributed by atoms with van der Waals surface area (Å²) >= 11 is 1.44. The molecule has 0 radical (unpaired) electrons. The predicted molar refractivity (Wildman–Crippen MR) is 131 cm³/mol. The molecule has 3 aromatic rings. The molecule has 34 heavy (non-hydrogen) atoms. The standard InChI is InChI=1S/C26H27N3O4S/c27-29-28-23-25(32-18-20-12-6-2-7-13-20)24(31-17-19-10-4-1-5-11-19)22(16-30)33-26(23)34-21-14-8-3-9-15-21/h1-15,22-26,30H,16-18H2/t22?,23?,24-,25+,26+/m1/s1. The van der Waals surface area contributed by atoms with E-state index in [1.54, 1.807) is 0 Å². The van der Waals surface area contributed by atoms with Crippen molar-refractivity contribution in [2.45, 2.75) is 47.9 Å². The highest BCUT2D eigenvalue weighted by Crippen LogP contribution is 2.37.